The first-order valence-electron chi connectivity index (χ1n) is 7.11. The number of H-pyrrole nitrogens is 1. The number of fused-ring (bicyclic) bond motifs is 2. The van der Waals surface area contributed by atoms with Crippen LogP contribution in [-0.4, -0.2) is 19.7 Å². The monoisotopic (exact) mass is 276 g/mol. The molecule has 0 radical (unpaired) electrons. The Kier molecular flexibility index (Phi) is 1.94. The van der Waals surface area contributed by atoms with Gasteiger partial charge in [0.25, 0.3) is 5.56 Å². The maximum atomic E-state index is 13.0. The van der Waals surface area contributed by atoms with Crippen molar-refractivity contribution in [1.29, 1.82) is 0 Å². The van der Waals surface area contributed by atoms with Crippen molar-refractivity contribution in [2.45, 2.75) is 18.9 Å². The predicted octanol–water partition coefficient (Wildman–Crippen LogP) is 2.76. The molecule has 0 bridgehead atoms. The van der Waals surface area contributed by atoms with Crippen molar-refractivity contribution < 1.29 is 0 Å². The lowest BCUT2D eigenvalue weighted by Gasteiger charge is -2.04. The predicted molar refractivity (Wildman–Crippen MR) is 81.4 cm³/mol. The third-order valence-corrected chi connectivity index (χ3v) is 4.23. The average Bonchev–Trinajstić information content (AvgIpc) is 3.26. The summed E-state index contributed by atoms with van der Waals surface area (Å²) in [6.07, 6.45) is 3.93. The van der Waals surface area contributed by atoms with E-state index in [0.29, 0.717) is 5.39 Å². The van der Waals surface area contributed by atoms with Crippen molar-refractivity contribution in [3.63, 3.8) is 0 Å². The molecule has 0 aliphatic heterocycles. The molecule has 1 aliphatic rings. The minimum atomic E-state index is 0.0508. The van der Waals surface area contributed by atoms with E-state index in [0.717, 1.165) is 40.3 Å². The first-order chi connectivity index (χ1) is 10.3. The van der Waals surface area contributed by atoms with Gasteiger partial charge in [-0.15, -0.1) is 10.2 Å². The molecule has 0 atom stereocenters. The molecule has 1 aromatic carbocycles. The van der Waals surface area contributed by atoms with E-state index in [9.17, 15) is 4.79 Å². The van der Waals surface area contributed by atoms with Crippen molar-refractivity contribution >= 4 is 32.8 Å². The summed E-state index contributed by atoms with van der Waals surface area (Å²) in [5, 5.41) is 11.1. The van der Waals surface area contributed by atoms with Crippen LogP contribution in [-0.2, 0) is 0 Å². The molecule has 1 saturated carbocycles. The molecule has 21 heavy (non-hydrogen) atoms. The van der Waals surface area contributed by atoms with Gasteiger partial charge in [-0.25, -0.2) is 0 Å². The topological polar surface area (TPSA) is 63.6 Å². The second-order valence-corrected chi connectivity index (χ2v) is 5.59. The zero-order chi connectivity index (χ0) is 14.0. The minimum Gasteiger partial charge on any atom is -0.347 e. The molecule has 0 spiro atoms. The second kappa shape index (κ2) is 3.69. The zero-order valence-corrected chi connectivity index (χ0v) is 11.2. The lowest BCUT2D eigenvalue weighted by Crippen LogP contribution is -2.17. The summed E-state index contributed by atoms with van der Waals surface area (Å²) >= 11 is 0. The highest BCUT2D eigenvalue weighted by Gasteiger charge is 2.28. The van der Waals surface area contributed by atoms with Gasteiger partial charge in [0.05, 0.1) is 5.39 Å². The van der Waals surface area contributed by atoms with E-state index < -0.39 is 0 Å². The summed E-state index contributed by atoms with van der Waals surface area (Å²) in [4.78, 5) is 16.2. The van der Waals surface area contributed by atoms with Gasteiger partial charge in [0.2, 0.25) is 0 Å². The lowest BCUT2D eigenvalue weighted by atomic mass is 10.1. The van der Waals surface area contributed by atoms with E-state index >= 15 is 0 Å². The lowest BCUT2D eigenvalue weighted by molar-refractivity contribution is 0.738. The summed E-state index contributed by atoms with van der Waals surface area (Å²) in [7, 11) is 0. The van der Waals surface area contributed by atoms with Crippen molar-refractivity contribution in [2.24, 2.45) is 0 Å². The van der Waals surface area contributed by atoms with E-state index in [2.05, 4.69) is 15.2 Å². The highest BCUT2D eigenvalue weighted by Crippen LogP contribution is 2.37. The second-order valence-electron chi connectivity index (χ2n) is 5.59. The van der Waals surface area contributed by atoms with E-state index in [-0.39, 0.29) is 11.6 Å². The highest BCUT2D eigenvalue weighted by molar-refractivity contribution is 6.14. The Morgan fingerprint density at radius 3 is 2.71 bits per heavy atom. The van der Waals surface area contributed by atoms with Gasteiger partial charge in [-0.3, -0.25) is 9.36 Å². The summed E-state index contributed by atoms with van der Waals surface area (Å²) < 4.78 is 1.89. The summed E-state index contributed by atoms with van der Waals surface area (Å²) in [5.74, 6) is 0. The molecule has 3 aromatic heterocycles. The maximum absolute atomic E-state index is 13.0. The molecule has 5 nitrogen and oxygen atoms in total. The van der Waals surface area contributed by atoms with Gasteiger partial charge in [-0.2, -0.15) is 0 Å². The number of hydrogen-bond acceptors (Lipinski definition) is 3. The standard InChI is InChI=1S/C16H12N4O/c21-16-11-4-2-1-3-10(11)14-13-12(18-19-14)7-8-17-15(13)20(16)9-5-6-9/h1-4,7-9,17H,5-6H2. The van der Waals surface area contributed by atoms with Crippen molar-refractivity contribution in [3.05, 3.63) is 46.9 Å². The van der Waals surface area contributed by atoms with Crippen LogP contribution in [0.15, 0.2) is 41.3 Å². The molecule has 1 fully saturated rings. The number of hydrogen-bond donors (Lipinski definition) is 1. The Morgan fingerprint density at radius 1 is 1.10 bits per heavy atom. The molecular weight excluding hydrogens is 264 g/mol. The fourth-order valence-corrected chi connectivity index (χ4v) is 3.11. The fraction of sp³-hybridized carbons (Fsp3) is 0.188. The van der Waals surface area contributed by atoms with Crippen molar-refractivity contribution in [1.82, 2.24) is 19.7 Å². The van der Waals surface area contributed by atoms with Gasteiger partial charge in [-0.1, -0.05) is 18.2 Å². The first kappa shape index (κ1) is 11.0. The van der Waals surface area contributed by atoms with Gasteiger partial charge in [0, 0.05) is 23.0 Å². The van der Waals surface area contributed by atoms with Gasteiger partial charge < -0.3 is 4.98 Å². The molecule has 5 heteroatoms. The number of nitrogens with zero attached hydrogens (tertiary/aromatic N) is 3. The summed E-state index contributed by atoms with van der Waals surface area (Å²) in [6, 6.07) is 9.84. The number of benzene rings is 1. The van der Waals surface area contributed by atoms with E-state index in [1.807, 2.05) is 41.1 Å². The smallest absolute Gasteiger partial charge is 0.260 e. The largest absolute Gasteiger partial charge is 0.347 e. The molecule has 1 N–H and O–H groups in total. The SMILES string of the molecule is O=c1c2ccccc2c2nnc3cc[nH]c(c32)n1C1CC1. The maximum Gasteiger partial charge on any atom is 0.260 e. The van der Waals surface area contributed by atoms with E-state index in [1.165, 1.54) is 0 Å². The third-order valence-electron chi connectivity index (χ3n) is 4.23. The summed E-state index contributed by atoms with van der Waals surface area (Å²) in [5.41, 5.74) is 2.50. The van der Waals surface area contributed by atoms with Crippen LogP contribution >= 0.6 is 0 Å². The van der Waals surface area contributed by atoms with Gasteiger partial charge >= 0.3 is 0 Å². The van der Waals surface area contributed by atoms with Crippen LogP contribution in [0.5, 0.6) is 0 Å². The minimum absolute atomic E-state index is 0.0508. The van der Waals surface area contributed by atoms with Crippen molar-refractivity contribution in [3.8, 4) is 0 Å². The third kappa shape index (κ3) is 1.38. The molecule has 4 aromatic rings. The normalized spacial score (nSPS) is 15.2. The van der Waals surface area contributed by atoms with Crippen LogP contribution in [0.1, 0.15) is 18.9 Å². The molecule has 5 rings (SSSR count). The Balaban J connectivity index is 2.22. The van der Waals surface area contributed by atoms with E-state index in [4.69, 9.17) is 0 Å². The fourth-order valence-electron chi connectivity index (χ4n) is 3.11. The van der Waals surface area contributed by atoms with Gasteiger partial charge in [0.15, 0.2) is 0 Å². The van der Waals surface area contributed by atoms with Crippen molar-refractivity contribution in [2.75, 3.05) is 0 Å². The Hall–Kier alpha value is -2.69. The van der Waals surface area contributed by atoms with Crippen LogP contribution in [0.4, 0.5) is 0 Å². The van der Waals surface area contributed by atoms with Crippen LogP contribution in [0.2, 0.25) is 0 Å². The van der Waals surface area contributed by atoms with E-state index in [1.54, 1.807) is 0 Å². The molecule has 0 unspecified atom stereocenters. The molecule has 1 aliphatic carbocycles. The molecule has 0 saturated heterocycles. The average molecular weight is 276 g/mol. The number of nitrogens with one attached hydrogen (secondary N) is 1. The van der Waals surface area contributed by atoms with Crippen LogP contribution in [0, 0.1) is 0 Å². The quantitative estimate of drug-likeness (QED) is 0.581. The number of rotatable bonds is 1. The van der Waals surface area contributed by atoms with Gasteiger partial charge in [-0.05, 0) is 25.0 Å². The van der Waals surface area contributed by atoms with Crippen LogP contribution in [0.25, 0.3) is 32.8 Å². The van der Waals surface area contributed by atoms with Gasteiger partial charge in [0.1, 0.15) is 16.7 Å². The Labute approximate surface area is 119 Å². The molecular formula is C16H12N4O. The molecule has 102 valence electrons. The molecule has 0 amide bonds. The molecule has 3 heterocycles. The highest BCUT2D eigenvalue weighted by atomic mass is 16.1. The number of pyridine rings is 1. The summed E-state index contributed by atoms with van der Waals surface area (Å²) in [6.45, 7) is 0. The number of aromatic amines is 1. The number of aromatic nitrogens is 4. The first-order valence-corrected chi connectivity index (χ1v) is 7.11. The zero-order valence-electron chi connectivity index (χ0n) is 11.2. The Bertz CT molecular complexity index is 1070. The Morgan fingerprint density at radius 2 is 1.90 bits per heavy atom. The van der Waals surface area contributed by atoms with Crippen LogP contribution in [0.3, 0.4) is 0 Å². The van der Waals surface area contributed by atoms with Crippen LogP contribution < -0.4 is 5.56 Å².